The Bertz CT molecular complexity index is 1720. The van der Waals surface area contributed by atoms with E-state index in [1.807, 2.05) is 6.08 Å². The Labute approximate surface area is 500 Å². The van der Waals surface area contributed by atoms with Crippen LogP contribution in [0.25, 0.3) is 0 Å². The van der Waals surface area contributed by atoms with Crippen LogP contribution in [0.3, 0.4) is 0 Å². The van der Waals surface area contributed by atoms with Gasteiger partial charge in [0.15, 0.2) is 6.10 Å². The molecule has 0 radical (unpaired) electrons. The van der Waals surface area contributed by atoms with E-state index in [-0.39, 0.29) is 31.6 Å². The standard InChI is InChI=1S/C75H124O6/c1-4-7-10-13-16-19-22-25-28-31-34-35-36-37-38-39-42-44-47-50-53-56-59-62-65-68-74(77)80-71-72(81-75(78)69-66-63-60-57-54-51-48-45-41-33-30-27-24-21-18-15-12-9-6-3)70-79-73(76)67-64-61-58-55-52-49-46-43-40-32-29-26-23-20-17-14-11-8-5-2/h7,9-10,12,16,18-19,21,25,27-28,30,34-35,37-38,41,45,51,54,60,63,72H,4-6,8,11,13-15,17,20,22-24,26,29,31-33,36,39-40,42-44,46-50,52-53,55-59,61-62,64-71H2,1-3H3/b10-7-,12-9-,19-16-,21-18-,28-25-,30-27-,35-34-,38-37-,45-41-,54-51-,63-60-. The third-order valence-electron chi connectivity index (χ3n) is 14.2. The third-order valence-corrected chi connectivity index (χ3v) is 14.2. The molecule has 0 aliphatic rings. The first-order valence-electron chi connectivity index (χ1n) is 33.7. The Hall–Kier alpha value is -4.45. The summed E-state index contributed by atoms with van der Waals surface area (Å²) in [5.41, 5.74) is 0. The number of carbonyl (C=O) groups excluding carboxylic acids is 3. The molecule has 0 saturated heterocycles. The Morgan fingerprint density at radius 3 is 0.802 bits per heavy atom. The quantitative estimate of drug-likeness (QED) is 0.0261. The summed E-state index contributed by atoms with van der Waals surface area (Å²) in [6.07, 6.45) is 96.2. The van der Waals surface area contributed by atoms with Crippen molar-refractivity contribution >= 4 is 17.9 Å². The van der Waals surface area contributed by atoms with E-state index in [1.165, 1.54) is 141 Å². The van der Waals surface area contributed by atoms with E-state index in [0.29, 0.717) is 19.3 Å². The molecule has 0 fully saturated rings. The summed E-state index contributed by atoms with van der Waals surface area (Å²) in [6, 6.07) is 0. The zero-order chi connectivity index (χ0) is 58.5. The maximum atomic E-state index is 12.9. The maximum absolute atomic E-state index is 12.9. The number of allylic oxidation sites excluding steroid dienone is 22. The lowest BCUT2D eigenvalue weighted by atomic mass is 10.0. The van der Waals surface area contributed by atoms with Gasteiger partial charge in [0, 0.05) is 19.3 Å². The zero-order valence-electron chi connectivity index (χ0n) is 52.8. The molecule has 6 nitrogen and oxygen atoms in total. The zero-order valence-corrected chi connectivity index (χ0v) is 52.8. The molecule has 0 aromatic heterocycles. The second-order valence-corrected chi connectivity index (χ2v) is 22.0. The van der Waals surface area contributed by atoms with Gasteiger partial charge in [-0.15, -0.1) is 0 Å². The molecule has 0 rings (SSSR count). The number of ether oxygens (including phenoxy) is 3. The molecule has 0 aliphatic heterocycles. The van der Waals surface area contributed by atoms with Crippen LogP contribution in [-0.2, 0) is 28.6 Å². The molecule has 0 aromatic carbocycles. The van der Waals surface area contributed by atoms with Gasteiger partial charge in [-0.25, -0.2) is 0 Å². The Morgan fingerprint density at radius 1 is 0.259 bits per heavy atom. The molecule has 0 N–H and O–H groups in total. The molecule has 0 amide bonds. The van der Waals surface area contributed by atoms with E-state index in [9.17, 15) is 14.4 Å². The Balaban J connectivity index is 4.47. The molecule has 0 heterocycles. The van der Waals surface area contributed by atoms with Gasteiger partial charge in [-0.1, -0.05) is 315 Å². The minimum atomic E-state index is -0.826. The molecule has 0 spiro atoms. The predicted octanol–water partition coefficient (Wildman–Crippen LogP) is 23.3. The van der Waals surface area contributed by atoms with Gasteiger partial charge in [0.05, 0.1) is 0 Å². The van der Waals surface area contributed by atoms with Gasteiger partial charge in [0.1, 0.15) is 13.2 Å². The highest BCUT2D eigenvalue weighted by atomic mass is 16.6. The summed E-state index contributed by atoms with van der Waals surface area (Å²) in [5.74, 6) is -0.994. The van der Waals surface area contributed by atoms with Gasteiger partial charge in [0.2, 0.25) is 0 Å². The number of carbonyl (C=O) groups is 3. The molecule has 0 aromatic rings. The van der Waals surface area contributed by atoms with E-state index in [4.69, 9.17) is 14.2 Å². The van der Waals surface area contributed by atoms with Crippen molar-refractivity contribution in [1.29, 1.82) is 0 Å². The van der Waals surface area contributed by atoms with E-state index >= 15 is 0 Å². The van der Waals surface area contributed by atoms with Crippen molar-refractivity contribution in [3.8, 4) is 0 Å². The minimum Gasteiger partial charge on any atom is -0.462 e. The van der Waals surface area contributed by atoms with Gasteiger partial charge >= 0.3 is 17.9 Å². The Kier molecular flexibility index (Phi) is 64.3. The van der Waals surface area contributed by atoms with Gasteiger partial charge in [-0.2, -0.15) is 0 Å². The summed E-state index contributed by atoms with van der Waals surface area (Å²) in [4.78, 5) is 38.4. The van der Waals surface area contributed by atoms with Crippen LogP contribution in [0.4, 0.5) is 0 Å². The molecule has 460 valence electrons. The van der Waals surface area contributed by atoms with E-state index in [0.717, 1.165) is 116 Å². The SMILES string of the molecule is CC/C=C\C/C=C\C/C=C\C/C=C\C/C=C\C/C=C\CCC(=O)OC(COC(=O)CCCCCCCCCCC/C=C\C/C=C\C/C=C\C/C=C\C/C=C\CC)COC(=O)CCCCCCCCCCCCCCCCCCCCC. The van der Waals surface area contributed by atoms with Crippen molar-refractivity contribution in [2.24, 2.45) is 0 Å². The number of rotatable bonds is 60. The van der Waals surface area contributed by atoms with Crippen LogP contribution in [0.15, 0.2) is 134 Å². The van der Waals surface area contributed by atoms with Crippen LogP contribution in [0.5, 0.6) is 0 Å². The second kappa shape index (κ2) is 68.1. The molecular formula is C75H124O6. The van der Waals surface area contributed by atoms with E-state index in [1.54, 1.807) is 0 Å². The first-order chi connectivity index (χ1) is 40.0. The Morgan fingerprint density at radius 2 is 0.506 bits per heavy atom. The van der Waals surface area contributed by atoms with Gasteiger partial charge in [-0.05, 0) is 103 Å². The summed E-state index contributed by atoms with van der Waals surface area (Å²) < 4.78 is 16.9. The number of hydrogen-bond acceptors (Lipinski definition) is 6. The topological polar surface area (TPSA) is 78.9 Å². The van der Waals surface area contributed by atoms with Crippen LogP contribution in [0.1, 0.15) is 303 Å². The summed E-state index contributed by atoms with van der Waals surface area (Å²) in [7, 11) is 0. The van der Waals surface area contributed by atoms with Gasteiger partial charge in [0.25, 0.3) is 0 Å². The molecule has 0 bridgehead atoms. The number of hydrogen-bond donors (Lipinski definition) is 0. The van der Waals surface area contributed by atoms with Crippen molar-refractivity contribution in [1.82, 2.24) is 0 Å². The molecule has 0 saturated carbocycles. The van der Waals surface area contributed by atoms with Crippen LogP contribution in [0, 0.1) is 0 Å². The predicted molar refractivity (Wildman–Crippen MR) is 353 cm³/mol. The summed E-state index contributed by atoms with van der Waals surface area (Å²) in [6.45, 7) is 6.38. The lowest BCUT2D eigenvalue weighted by Gasteiger charge is -2.18. The minimum absolute atomic E-state index is 0.111. The molecule has 81 heavy (non-hydrogen) atoms. The highest BCUT2D eigenvalue weighted by Gasteiger charge is 2.19. The average molecular weight is 1120 g/mol. The van der Waals surface area contributed by atoms with Crippen molar-refractivity contribution in [3.63, 3.8) is 0 Å². The fourth-order valence-electron chi connectivity index (χ4n) is 9.20. The normalized spacial score (nSPS) is 13.0. The van der Waals surface area contributed by atoms with Crippen LogP contribution in [-0.4, -0.2) is 37.2 Å². The van der Waals surface area contributed by atoms with Crippen LogP contribution < -0.4 is 0 Å². The lowest BCUT2D eigenvalue weighted by Crippen LogP contribution is -2.30. The highest BCUT2D eigenvalue weighted by molar-refractivity contribution is 5.71. The molecular weight excluding hydrogens is 997 g/mol. The second-order valence-electron chi connectivity index (χ2n) is 22.0. The van der Waals surface area contributed by atoms with Crippen LogP contribution >= 0.6 is 0 Å². The maximum Gasteiger partial charge on any atom is 0.306 e. The lowest BCUT2D eigenvalue weighted by molar-refractivity contribution is -0.166. The van der Waals surface area contributed by atoms with Crippen molar-refractivity contribution in [2.45, 2.75) is 309 Å². The van der Waals surface area contributed by atoms with Gasteiger partial charge in [-0.3, -0.25) is 14.4 Å². The van der Waals surface area contributed by atoms with E-state index < -0.39 is 12.1 Å². The van der Waals surface area contributed by atoms with Crippen LogP contribution in [0.2, 0.25) is 0 Å². The fourth-order valence-corrected chi connectivity index (χ4v) is 9.20. The number of esters is 3. The molecule has 0 aliphatic carbocycles. The van der Waals surface area contributed by atoms with Crippen molar-refractivity contribution < 1.29 is 28.6 Å². The van der Waals surface area contributed by atoms with E-state index in [2.05, 4.69) is 148 Å². The smallest absolute Gasteiger partial charge is 0.306 e. The highest BCUT2D eigenvalue weighted by Crippen LogP contribution is 2.17. The average Bonchev–Trinajstić information content (AvgIpc) is 3.47. The van der Waals surface area contributed by atoms with Crippen molar-refractivity contribution in [3.05, 3.63) is 134 Å². The van der Waals surface area contributed by atoms with Gasteiger partial charge < -0.3 is 14.2 Å². The monoisotopic (exact) mass is 1120 g/mol. The molecule has 6 heteroatoms. The number of unbranched alkanes of at least 4 members (excludes halogenated alkanes) is 27. The molecule has 1 unspecified atom stereocenters. The summed E-state index contributed by atoms with van der Waals surface area (Å²) >= 11 is 0. The summed E-state index contributed by atoms with van der Waals surface area (Å²) in [5, 5.41) is 0. The fraction of sp³-hybridized carbons (Fsp3) is 0.667. The first kappa shape index (κ1) is 76.5. The first-order valence-corrected chi connectivity index (χ1v) is 33.7. The third kappa shape index (κ3) is 66.2. The molecule has 1 atom stereocenters. The van der Waals surface area contributed by atoms with Crippen molar-refractivity contribution in [2.75, 3.05) is 13.2 Å². The largest absolute Gasteiger partial charge is 0.462 e.